The number of nitrogens with zero attached hydrogens (tertiary/aromatic N) is 5. The molecule has 2 aliphatic rings. The number of benzene rings is 2. The van der Waals surface area contributed by atoms with Crippen LogP contribution in [0.3, 0.4) is 0 Å². The van der Waals surface area contributed by atoms with E-state index in [1.807, 2.05) is 18.2 Å². The molecule has 1 amide bonds. The first-order chi connectivity index (χ1) is 19.9. The summed E-state index contributed by atoms with van der Waals surface area (Å²) in [4.78, 5) is 21.6. The fourth-order valence-corrected chi connectivity index (χ4v) is 5.90. The van der Waals surface area contributed by atoms with Crippen molar-refractivity contribution in [1.82, 2.24) is 19.6 Å². The van der Waals surface area contributed by atoms with E-state index < -0.39 is 23.5 Å². The van der Waals surface area contributed by atoms with Gasteiger partial charge in [-0.05, 0) is 54.8 Å². The first-order valence-electron chi connectivity index (χ1n) is 13.2. The predicted molar refractivity (Wildman–Crippen MR) is 148 cm³/mol. The van der Waals surface area contributed by atoms with Gasteiger partial charge in [-0.3, -0.25) is 9.67 Å². The van der Waals surface area contributed by atoms with E-state index in [4.69, 9.17) is 4.74 Å². The molecule has 0 atom stereocenters. The minimum absolute atomic E-state index is 0.142. The lowest BCUT2D eigenvalue weighted by molar-refractivity contribution is -0.143. The van der Waals surface area contributed by atoms with Crippen LogP contribution in [0, 0.1) is 0 Å². The Kier molecular flexibility index (Phi) is 8.44. The normalized spacial score (nSPS) is 17.6. The molecule has 0 N–H and O–H groups in total. The van der Waals surface area contributed by atoms with Gasteiger partial charge >= 0.3 is 18.4 Å². The molecule has 0 spiro atoms. The summed E-state index contributed by atoms with van der Waals surface area (Å²) in [5.74, 6) is 0. The van der Waals surface area contributed by atoms with Gasteiger partial charge in [0.15, 0.2) is 5.17 Å². The molecule has 14 heteroatoms. The summed E-state index contributed by atoms with van der Waals surface area (Å²) in [6.45, 7) is 4.87. The highest BCUT2D eigenvalue weighted by atomic mass is 32.2. The molecule has 2 aliphatic heterocycles. The topological polar surface area (TPSA) is 63.0 Å². The molecule has 5 rings (SSSR count). The van der Waals surface area contributed by atoms with Gasteiger partial charge in [0.1, 0.15) is 0 Å². The average Bonchev–Trinajstić information content (AvgIpc) is 3.46. The first-order valence-corrected chi connectivity index (χ1v) is 14.1. The van der Waals surface area contributed by atoms with Crippen molar-refractivity contribution in [2.24, 2.45) is 4.99 Å². The van der Waals surface area contributed by atoms with Crippen molar-refractivity contribution < 1.29 is 35.9 Å². The molecule has 1 fully saturated rings. The van der Waals surface area contributed by atoms with E-state index in [0.29, 0.717) is 49.8 Å². The Bertz CT molecular complexity index is 1530. The van der Waals surface area contributed by atoms with Gasteiger partial charge in [0.05, 0.1) is 42.5 Å². The summed E-state index contributed by atoms with van der Waals surface area (Å²) in [5.41, 5.74) is -1.59. The molecule has 3 aromatic rings. The van der Waals surface area contributed by atoms with Crippen molar-refractivity contribution in [3.8, 4) is 0 Å². The van der Waals surface area contributed by atoms with Gasteiger partial charge in [-0.1, -0.05) is 23.9 Å². The molecule has 0 bridgehead atoms. The maximum atomic E-state index is 13.6. The van der Waals surface area contributed by atoms with Crippen LogP contribution in [0.5, 0.6) is 0 Å². The number of amides is 1. The van der Waals surface area contributed by atoms with E-state index in [0.717, 1.165) is 34.7 Å². The second-order valence-corrected chi connectivity index (χ2v) is 10.9. The number of aliphatic imine (C=N–C) groups is 1. The van der Waals surface area contributed by atoms with Crippen LogP contribution in [0.25, 0.3) is 17.0 Å². The molecule has 0 radical (unpaired) electrons. The highest BCUT2D eigenvalue weighted by Gasteiger charge is 2.38. The summed E-state index contributed by atoms with van der Waals surface area (Å²) in [6, 6.07) is 7.04. The van der Waals surface area contributed by atoms with Crippen molar-refractivity contribution in [2.75, 3.05) is 39.3 Å². The Morgan fingerprint density at radius 3 is 2.57 bits per heavy atom. The SMILES string of the molecule is CCOC(=O)N1CCCN(C2=NCC(=Cc3ccc4c(cnn4Cc4ccc(C(F)(F)F)cc4C(F)(F)F)c3)S2)CC1. The van der Waals surface area contributed by atoms with E-state index in [-0.39, 0.29) is 24.3 Å². The van der Waals surface area contributed by atoms with E-state index >= 15 is 0 Å². The van der Waals surface area contributed by atoms with Gasteiger partial charge in [0, 0.05) is 36.5 Å². The fraction of sp³-hybridized carbons (Fsp3) is 0.393. The quantitative estimate of drug-likeness (QED) is 0.306. The summed E-state index contributed by atoms with van der Waals surface area (Å²) >= 11 is 1.56. The highest BCUT2D eigenvalue weighted by Crippen LogP contribution is 2.38. The predicted octanol–water partition coefficient (Wildman–Crippen LogP) is 6.73. The molecule has 1 saturated heterocycles. The van der Waals surface area contributed by atoms with Crippen molar-refractivity contribution in [2.45, 2.75) is 32.2 Å². The lowest BCUT2D eigenvalue weighted by Gasteiger charge is -2.22. The highest BCUT2D eigenvalue weighted by molar-refractivity contribution is 8.17. The number of thioether (sulfide) groups is 1. The minimum atomic E-state index is -4.95. The first kappa shape index (κ1) is 29.8. The number of aromatic nitrogens is 2. The summed E-state index contributed by atoms with van der Waals surface area (Å²) < 4.78 is 86.4. The van der Waals surface area contributed by atoms with Crippen LogP contribution in [0.1, 0.15) is 35.6 Å². The molecule has 3 heterocycles. The zero-order valence-electron chi connectivity index (χ0n) is 22.5. The monoisotopic (exact) mass is 611 g/mol. The maximum Gasteiger partial charge on any atom is 0.416 e. The van der Waals surface area contributed by atoms with Crippen LogP contribution in [-0.4, -0.2) is 70.2 Å². The third-order valence-electron chi connectivity index (χ3n) is 6.94. The van der Waals surface area contributed by atoms with Gasteiger partial charge in [-0.2, -0.15) is 31.4 Å². The lowest BCUT2D eigenvalue weighted by atomic mass is 10.0. The number of amidine groups is 1. The number of ether oxygens (including phenoxy) is 1. The van der Waals surface area contributed by atoms with E-state index in [1.165, 1.54) is 10.9 Å². The van der Waals surface area contributed by atoms with Gasteiger partial charge in [-0.25, -0.2) is 4.79 Å². The summed E-state index contributed by atoms with van der Waals surface area (Å²) in [7, 11) is 0. The largest absolute Gasteiger partial charge is 0.450 e. The van der Waals surface area contributed by atoms with Crippen LogP contribution in [0.15, 0.2) is 52.5 Å². The molecular formula is C28H27F6N5O2S. The second-order valence-electron chi connectivity index (χ2n) is 9.83. The smallest absolute Gasteiger partial charge is 0.416 e. The number of hydrogen-bond acceptors (Lipinski definition) is 6. The van der Waals surface area contributed by atoms with Gasteiger partial charge in [-0.15, -0.1) is 0 Å². The van der Waals surface area contributed by atoms with Crippen molar-refractivity contribution in [1.29, 1.82) is 0 Å². The van der Waals surface area contributed by atoms with Gasteiger partial charge < -0.3 is 14.5 Å². The van der Waals surface area contributed by atoms with Crippen molar-refractivity contribution in [3.63, 3.8) is 0 Å². The molecule has 2 aromatic carbocycles. The van der Waals surface area contributed by atoms with Gasteiger partial charge in [0.2, 0.25) is 0 Å². The van der Waals surface area contributed by atoms with Gasteiger partial charge in [0.25, 0.3) is 0 Å². The molecule has 224 valence electrons. The number of carbonyl (C=O) groups is 1. The zero-order valence-corrected chi connectivity index (χ0v) is 23.3. The van der Waals surface area contributed by atoms with Crippen molar-refractivity contribution in [3.05, 3.63) is 69.8 Å². The molecule has 0 aliphatic carbocycles. The molecular weight excluding hydrogens is 584 g/mol. The number of alkyl halides is 6. The van der Waals surface area contributed by atoms with Crippen molar-refractivity contribution >= 4 is 40.0 Å². The zero-order chi connectivity index (χ0) is 30.1. The number of fused-ring (bicyclic) bond motifs is 1. The van der Waals surface area contributed by atoms with Crippen LogP contribution < -0.4 is 0 Å². The fourth-order valence-electron chi connectivity index (χ4n) is 4.90. The van der Waals surface area contributed by atoms with Crippen LogP contribution in [-0.2, 0) is 23.6 Å². The lowest BCUT2D eigenvalue weighted by Crippen LogP contribution is -2.36. The number of rotatable bonds is 4. The molecule has 42 heavy (non-hydrogen) atoms. The molecule has 0 saturated carbocycles. The third kappa shape index (κ3) is 6.69. The average molecular weight is 612 g/mol. The minimum Gasteiger partial charge on any atom is -0.450 e. The number of carbonyl (C=O) groups excluding carboxylic acids is 1. The Morgan fingerprint density at radius 2 is 1.83 bits per heavy atom. The van der Waals surface area contributed by atoms with E-state index in [2.05, 4.69) is 15.0 Å². The Balaban J connectivity index is 1.28. The Morgan fingerprint density at radius 1 is 1.02 bits per heavy atom. The van der Waals surface area contributed by atoms with Crippen LogP contribution in [0.2, 0.25) is 0 Å². The Hall–Kier alpha value is -3.68. The van der Waals surface area contributed by atoms with Crippen LogP contribution in [0.4, 0.5) is 31.1 Å². The number of halogens is 6. The van der Waals surface area contributed by atoms with E-state index in [9.17, 15) is 31.1 Å². The summed E-state index contributed by atoms with van der Waals surface area (Å²) in [5, 5.41) is 5.77. The maximum absolute atomic E-state index is 13.6. The summed E-state index contributed by atoms with van der Waals surface area (Å²) in [6.07, 6.45) is -5.84. The third-order valence-corrected chi connectivity index (χ3v) is 8.02. The molecule has 7 nitrogen and oxygen atoms in total. The Labute approximate surface area is 241 Å². The standard InChI is InChI=1S/C28H27F6N5O2S/c1-2-41-26(40)38-9-3-8-37(10-11-38)25-35-16-22(42-25)13-18-4-7-24-20(12-18)15-36-39(24)17-19-5-6-21(27(29,30)31)14-23(19)28(32,33)34/h4-7,12-15H,2-3,8-11,16-17H2,1H3. The van der Waals surface area contributed by atoms with E-state index in [1.54, 1.807) is 29.7 Å². The number of hydrogen-bond donors (Lipinski definition) is 0. The second kappa shape index (κ2) is 11.9. The molecule has 0 unspecified atom stereocenters. The van der Waals surface area contributed by atoms with Crippen LogP contribution >= 0.6 is 11.8 Å². The molecule has 1 aromatic heterocycles.